The first-order chi connectivity index (χ1) is 9.61. The molecule has 0 aliphatic carbocycles. The minimum Gasteiger partial charge on any atom is -0.326 e. The van der Waals surface area contributed by atoms with Crippen LogP contribution in [-0.4, -0.2) is 6.04 Å². The van der Waals surface area contributed by atoms with Crippen molar-refractivity contribution in [1.29, 1.82) is 0 Å². The van der Waals surface area contributed by atoms with Gasteiger partial charge in [0.1, 0.15) is 0 Å². The van der Waals surface area contributed by atoms with E-state index in [1.54, 1.807) is 0 Å². The molecular formula is C18H23NS. The molecule has 20 heavy (non-hydrogen) atoms. The molecule has 0 aromatic heterocycles. The third-order valence-corrected chi connectivity index (χ3v) is 5.20. The maximum absolute atomic E-state index is 6.36. The van der Waals surface area contributed by atoms with E-state index in [0.717, 1.165) is 6.42 Å². The third-order valence-electron chi connectivity index (χ3n) is 3.61. The first-order valence-corrected chi connectivity index (χ1v) is 8.04. The topological polar surface area (TPSA) is 26.0 Å². The van der Waals surface area contributed by atoms with E-state index in [-0.39, 0.29) is 6.04 Å². The van der Waals surface area contributed by atoms with E-state index >= 15 is 0 Å². The number of thioether (sulfide) groups is 1. The smallest absolute Gasteiger partial charge is 0.0495 e. The van der Waals surface area contributed by atoms with Crippen molar-refractivity contribution in [2.75, 3.05) is 0 Å². The second kappa shape index (κ2) is 6.96. The average Bonchev–Trinajstić information content (AvgIpc) is 2.47. The van der Waals surface area contributed by atoms with Crippen molar-refractivity contribution >= 4 is 11.8 Å². The summed E-state index contributed by atoms with van der Waals surface area (Å²) in [6.07, 6.45) is 0.984. The van der Waals surface area contributed by atoms with Gasteiger partial charge in [-0.15, -0.1) is 11.8 Å². The number of nitrogens with two attached hydrogens (primary N) is 1. The zero-order chi connectivity index (χ0) is 14.5. The van der Waals surface area contributed by atoms with Crippen LogP contribution < -0.4 is 5.73 Å². The van der Waals surface area contributed by atoms with Crippen LogP contribution in [0.15, 0.2) is 53.4 Å². The van der Waals surface area contributed by atoms with Crippen LogP contribution in [0.2, 0.25) is 0 Å². The molecule has 0 fully saturated rings. The standard InChI is InChI=1S/C18H23NS/c1-4-16(19)18(15-11-9-13(2)10-12-15)20-17-8-6-5-7-14(17)3/h5-12,16,18H,4,19H2,1-3H3. The van der Waals surface area contributed by atoms with Crippen molar-refractivity contribution in [2.24, 2.45) is 5.73 Å². The number of hydrogen-bond donors (Lipinski definition) is 1. The Hall–Kier alpha value is -1.25. The number of rotatable bonds is 5. The molecule has 2 rings (SSSR count). The average molecular weight is 285 g/mol. The van der Waals surface area contributed by atoms with Gasteiger partial charge in [-0.3, -0.25) is 0 Å². The lowest BCUT2D eigenvalue weighted by Crippen LogP contribution is -2.25. The van der Waals surface area contributed by atoms with Crippen molar-refractivity contribution < 1.29 is 0 Å². The molecule has 0 heterocycles. The van der Waals surface area contributed by atoms with Crippen LogP contribution >= 0.6 is 11.8 Å². The Morgan fingerprint density at radius 1 is 1.00 bits per heavy atom. The minimum atomic E-state index is 0.169. The lowest BCUT2D eigenvalue weighted by Gasteiger charge is -2.24. The normalized spacial score (nSPS) is 14.0. The van der Waals surface area contributed by atoms with E-state index in [1.807, 2.05) is 11.8 Å². The molecule has 0 bridgehead atoms. The van der Waals surface area contributed by atoms with E-state index < -0.39 is 0 Å². The first kappa shape index (κ1) is 15.1. The summed E-state index contributed by atoms with van der Waals surface area (Å²) < 4.78 is 0. The molecule has 2 aromatic rings. The van der Waals surface area contributed by atoms with E-state index in [0.29, 0.717) is 5.25 Å². The van der Waals surface area contributed by atoms with Crippen LogP contribution in [0.25, 0.3) is 0 Å². The SMILES string of the molecule is CCC(N)C(Sc1ccccc1C)c1ccc(C)cc1. The third kappa shape index (κ3) is 3.65. The van der Waals surface area contributed by atoms with Gasteiger partial charge >= 0.3 is 0 Å². The van der Waals surface area contributed by atoms with Crippen LogP contribution in [0.5, 0.6) is 0 Å². The summed E-state index contributed by atoms with van der Waals surface area (Å²) in [5, 5.41) is 0.307. The van der Waals surface area contributed by atoms with Gasteiger partial charge in [0.25, 0.3) is 0 Å². The molecule has 2 heteroatoms. The van der Waals surface area contributed by atoms with Crippen LogP contribution in [0.3, 0.4) is 0 Å². The highest BCUT2D eigenvalue weighted by Gasteiger charge is 2.20. The van der Waals surface area contributed by atoms with Crippen LogP contribution in [0.1, 0.15) is 35.3 Å². The number of benzene rings is 2. The van der Waals surface area contributed by atoms with Crippen molar-refractivity contribution in [1.82, 2.24) is 0 Å². The Morgan fingerprint density at radius 2 is 1.65 bits per heavy atom. The summed E-state index contributed by atoms with van der Waals surface area (Å²) in [6, 6.07) is 17.4. The van der Waals surface area contributed by atoms with Gasteiger partial charge in [0.2, 0.25) is 0 Å². The summed E-state index contributed by atoms with van der Waals surface area (Å²) in [5.74, 6) is 0. The van der Waals surface area contributed by atoms with Gasteiger partial charge in [0, 0.05) is 16.2 Å². The Morgan fingerprint density at radius 3 is 2.25 bits per heavy atom. The van der Waals surface area contributed by atoms with Gasteiger partial charge in [-0.1, -0.05) is 55.0 Å². The quantitative estimate of drug-likeness (QED) is 0.793. The van der Waals surface area contributed by atoms with Gasteiger partial charge in [-0.25, -0.2) is 0 Å². The molecule has 0 spiro atoms. The lowest BCUT2D eigenvalue weighted by atomic mass is 10.0. The second-order valence-electron chi connectivity index (χ2n) is 5.29. The molecule has 2 unspecified atom stereocenters. The maximum atomic E-state index is 6.36. The Balaban J connectivity index is 2.29. The zero-order valence-electron chi connectivity index (χ0n) is 12.5. The van der Waals surface area contributed by atoms with Gasteiger partial charge in [-0.05, 0) is 37.5 Å². The Kier molecular flexibility index (Phi) is 5.27. The largest absolute Gasteiger partial charge is 0.326 e. The predicted octanol–water partition coefficient (Wildman–Crippen LogP) is 4.87. The fourth-order valence-electron chi connectivity index (χ4n) is 2.20. The second-order valence-corrected chi connectivity index (χ2v) is 6.47. The van der Waals surface area contributed by atoms with Crippen molar-refractivity contribution in [2.45, 2.75) is 43.4 Å². The van der Waals surface area contributed by atoms with Crippen LogP contribution in [-0.2, 0) is 0 Å². The van der Waals surface area contributed by atoms with Crippen molar-refractivity contribution in [3.05, 3.63) is 65.2 Å². The van der Waals surface area contributed by atoms with Gasteiger partial charge < -0.3 is 5.73 Å². The highest BCUT2D eigenvalue weighted by Crippen LogP contribution is 2.39. The first-order valence-electron chi connectivity index (χ1n) is 7.16. The monoisotopic (exact) mass is 285 g/mol. The number of hydrogen-bond acceptors (Lipinski definition) is 2. The fraction of sp³-hybridized carbons (Fsp3) is 0.333. The van der Waals surface area contributed by atoms with Crippen molar-refractivity contribution in [3.8, 4) is 0 Å². The van der Waals surface area contributed by atoms with Gasteiger partial charge in [0.15, 0.2) is 0 Å². The molecule has 2 atom stereocenters. The molecular weight excluding hydrogens is 262 g/mol. The number of aryl methyl sites for hydroxylation is 2. The molecule has 0 saturated heterocycles. The Bertz CT molecular complexity index is 548. The summed E-state index contributed by atoms with van der Waals surface area (Å²) >= 11 is 1.88. The predicted molar refractivity (Wildman–Crippen MR) is 89.2 cm³/mol. The summed E-state index contributed by atoms with van der Waals surface area (Å²) in [4.78, 5) is 1.32. The molecule has 2 N–H and O–H groups in total. The van der Waals surface area contributed by atoms with Crippen molar-refractivity contribution in [3.63, 3.8) is 0 Å². The Labute approximate surface area is 126 Å². The van der Waals surface area contributed by atoms with Gasteiger partial charge in [-0.2, -0.15) is 0 Å². The fourth-order valence-corrected chi connectivity index (χ4v) is 3.54. The molecule has 2 aromatic carbocycles. The summed E-state index contributed by atoms with van der Waals surface area (Å²) in [7, 11) is 0. The molecule has 0 amide bonds. The molecule has 106 valence electrons. The molecule has 0 aliphatic rings. The van der Waals surface area contributed by atoms with E-state index in [9.17, 15) is 0 Å². The highest BCUT2D eigenvalue weighted by atomic mass is 32.2. The highest BCUT2D eigenvalue weighted by molar-refractivity contribution is 7.99. The van der Waals surface area contributed by atoms with Crippen LogP contribution in [0, 0.1) is 13.8 Å². The maximum Gasteiger partial charge on any atom is 0.0495 e. The van der Waals surface area contributed by atoms with Crippen LogP contribution in [0.4, 0.5) is 0 Å². The molecule has 0 radical (unpaired) electrons. The van der Waals surface area contributed by atoms with E-state index in [1.165, 1.54) is 21.6 Å². The lowest BCUT2D eigenvalue weighted by molar-refractivity contribution is 0.634. The minimum absolute atomic E-state index is 0.169. The molecule has 0 aliphatic heterocycles. The summed E-state index contributed by atoms with van der Waals surface area (Å²) in [5.41, 5.74) is 10.3. The summed E-state index contributed by atoms with van der Waals surface area (Å²) in [6.45, 7) is 6.43. The van der Waals surface area contributed by atoms with Gasteiger partial charge in [0.05, 0.1) is 0 Å². The molecule has 0 saturated carbocycles. The van der Waals surface area contributed by atoms with E-state index in [2.05, 4.69) is 69.3 Å². The molecule has 1 nitrogen and oxygen atoms in total. The zero-order valence-corrected chi connectivity index (χ0v) is 13.3. The van der Waals surface area contributed by atoms with E-state index in [4.69, 9.17) is 5.73 Å².